The van der Waals surface area contributed by atoms with Crippen molar-refractivity contribution in [2.75, 3.05) is 17.4 Å². The van der Waals surface area contributed by atoms with Crippen LogP contribution in [0.5, 0.6) is 0 Å². The van der Waals surface area contributed by atoms with Crippen LogP contribution in [0.3, 0.4) is 0 Å². The number of nitrogens with one attached hydrogen (secondary N) is 1. The summed E-state index contributed by atoms with van der Waals surface area (Å²) in [4.78, 5) is 29.4. The van der Waals surface area contributed by atoms with Gasteiger partial charge >= 0.3 is 0 Å². The van der Waals surface area contributed by atoms with Gasteiger partial charge in [0.1, 0.15) is 12.6 Å². The van der Waals surface area contributed by atoms with Crippen molar-refractivity contribution in [2.24, 2.45) is 0 Å². The van der Waals surface area contributed by atoms with E-state index in [1.165, 1.54) is 29.2 Å². The summed E-state index contributed by atoms with van der Waals surface area (Å²) in [6.07, 6.45) is 0.263. The first-order valence-electron chi connectivity index (χ1n) is 14.1. The molecule has 0 aliphatic carbocycles. The van der Waals surface area contributed by atoms with E-state index in [9.17, 15) is 18.0 Å². The van der Waals surface area contributed by atoms with Gasteiger partial charge < -0.3 is 10.2 Å². The fraction of sp³-hybridized carbons (Fsp3) is 0.235. The van der Waals surface area contributed by atoms with E-state index >= 15 is 0 Å². The Morgan fingerprint density at radius 2 is 1.49 bits per heavy atom. The van der Waals surface area contributed by atoms with Crippen molar-refractivity contribution in [2.45, 2.75) is 44.7 Å². The molecule has 0 saturated heterocycles. The van der Waals surface area contributed by atoms with E-state index < -0.39 is 28.5 Å². The van der Waals surface area contributed by atoms with Crippen molar-refractivity contribution < 1.29 is 18.0 Å². The Bertz CT molecular complexity index is 1640. The van der Waals surface area contributed by atoms with Crippen molar-refractivity contribution >= 4 is 39.1 Å². The molecule has 9 heteroatoms. The van der Waals surface area contributed by atoms with E-state index in [0.29, 0.717) is 17.3 Å². The van der Waals surface area contributed by atoms with Gasteiger partial charge in [0.25, 0.3) is 10.0 Å². The fourth-order valence-corrected chi connectivity index (χ4v) is 6.31. The van der Waals surface area contributed by atoms with Crippen LogP contribution >= 0.6 is 11.6 Å². The highest BCUT2D eigenvalue weighted by molar-refractivity contribution is 7.92. The topological polar surface area (TPSA) is 86.8 Å². The number of carbonyl (C=O) groups is 2. The molecule has 1 N–H and O–H groups in total. The van der Waals surface area contributed by atoms with Crippen LogP contribution in [0.4, 0.5) is 5.69 Å². The van der Waals surface area contributed by atoms with Crippen LogP contribution < -0.4 is 9.62 Å². The average Bonchev–Trinajstić information content (AvgIpc) is 2.99. The molecular weight excluding hydrogens is 582 g/mol. The fourth-order valence-electron chi connectivity index (χ4n) is 4.78. The normalized spacial score (nSPS) is 11.9. The molecule has 2 amide bonds. The predicted molar refractivity (Wildman–Crippen MR) is 172 cm³/mol. The van der Waals surface area contributed by atoms with Gasteiger partial charge in [-0.05, 0) is 73.9 Å². The summed E-state index contributed by atoms with van der Waals surface area (Å²) in [5, 5.41) is 3.27. The lowest BCUT2D eigenvalue weighted by Crippen LogP contribution is -2.53. The summed E-state index contributed by atoms with van der Waals surface area (Å²) < 4.78 is 29.2. The van der Waals surface area contributed by atoms with E-state index in [2.05, 4.69) is 5.32 Å². The third-order valence-electron chi connectivity index (χ3n) is 7.07. The lowest BCUT2D eigenvalue weighted by molar-refractivity contribution is -0.140. The van der Waals surface area contributed by atoms with Gasteiger partial charge in [0.05, 0.1) is 10.6 Å². The highest BCUT2D eigenvalue weighted by Gasteiger charge is 2.34. The molecule has 0 aromatic heterocycles. The number of likely N-dealkylation sites (N-methyl/N-ethyl adjacent to an activating group) is 1. The van der Waals surface area contributed by atoms with Crippen molar-refractivity contribution in [3.05, 3.63) is 130 Å². The maximum absolute atomic E-state index is 14.4. The number of anilines is 1. The minimum Gasteiger partial charge on any atom is -0.355 e. The number of rotatable bonds is 12. The molecule has 43 heavy (non-hydrogen) atoms. The molecule has 0 bridgehead atoms. The molecular formula is C34H36ClN3O4S. The molecule has 4 aromatic carbocycles. The number of nitrogens with zero attached hydrogens (tertiary/aromatic N) is 2. The van der Waals surface area contributed by atoms with Gasteiger partial charge in [-0.1, -0.05) is 83.9 Å². The van der Waals surface area contributed by atoms with Crippen molar-refractivity contribution in [3.63, 3.8) is 0 Å². The molecule has 0 unspecified atom stereocenters. The molecule has 0 heterocycles. The van der Waals surface area contributed by atoms with Gasteiger partial charge in [-0.25, -0.2) is 8.42 Å². The summed E-state index contributed by atoms with van der Waals surface area (Å²) in [5.41, 5.74) is 3.94. The van der Waals surface area contributed by atoms with E-state index in [1.54, 1.807) is 18.2 Å². The maximum Gasteiger partial charge on any atom is 0.264 e. The molecule has 0 saturated carbocycles. The first kappa shape index (κ1) is 31.8. The van der Waals surface area contributed by atoms with Crippen molar-refractivity contribution in [1.82, 2.24) is 10.2 Å². The monoisotopic (exact) mass is 617 g/mol. The zero-order chi connectivity index (χ0) is 31.0. The van der Waals surface area contributed by atoms with E-state index in [4.69, 9.17) is 11.6 Å². The number of hydrogen-bond donors (Lipinski definition) is 1. The maximum atomic E-state index is 14.4. The van der Waals surface area contributed by atoms with Gasteiger partial charge in [-0.15, -0.1) is 0 Å². The molecule has 0 fully saturated rings. The van der Waals surface area contributed by atoms with Gasteiger partial charge in [0, 0.05) is 24.5 Å². The van der Waals surface area contributed by atoms with Gasteiger partial charge in [0.2, 0.25) is 11.8 Å². The molecule has 4 aromatic rings. The molecule has 1 atom stereocenters. The molecule has 7 nitrogen and oxygen atoms in total. The van der Waals surface area contributed by atoms with Crippen LogP contribution in [0.25, 0.3) is 0 Å². The van der Waals surface area contributed by atoms with E-state index in [0.717, 1.165) is 26.6 Å². The number of amides is 2. The van der Waals surface area contributed by atoms with Crippen LogP contribution in [-0.4, -0.2) is 44.3 Å². The van der Waals surface area contributed by atoms with Crippen molar-refractivity contribution in [3.8, 4) is 0 Å². The quantitative estimate of drug-likeness (QED) is 0.214. The van der Waals surface area contributed by atoms with E-state index in [-0.39, 0.29) is 23.8 Å². The Kier molecular flexibility index (Phi) is 10.6. The number of carbonyl (C=O) groups excluding carboxylic acids is 2. The number of hydrogen-bond acceptors (Lipinski definition) is 4. The van der Waals surface area contributed by atoms with Crippen molar-refractivity contribution in [1.29, 1.82) is 0 Å². The minimum atomic E-state index is -4.18. The Morgan fingerprint density at radius 3 is 2.12 bits per heavy atom. The first-order chi connectivity index (χ1) is 20.6. The molecule has 224 valence electrons. The first-order valence-corrected chi connectivity index (χ1v) is 15.9. The second kappa shape index (κ2) is 14.4. The molecule has 0 aliphatic heterocycles. The van der Waals surface area contributed by atoms with Gasteiger partial charge in [-0.3, -0.25) is 13.9 Å². The Morgan fingerprint density at radius 1 is 0.814 bits per heavy atom. The van der Waals surface area contributed by atoms with Crippen LogP contribution in [0.15, 0.2) is 108 Å². The smallest absolute Gasteiger partial charge is 0.264 e. The van der Waals surface area contributed by atoms with Gasteiger partial charge in [-0.2, -0.15) is 0 Å². The molecule has 4 rings (SSSR count). The van der Waals surface area contributed by atoms with E-state index in [1.807, 2.05) is 81.4 Å². The third kappa shape index (κ3) is 8.24. The van der Waals surface area contributed by atoms with Crippen LogP contribution in [0.2, 0.25) is 5.02 Å². The number of benzene rings is 4. The zero-order valence-corrected chi connectivity index (χ0v) is 26.1. The second-order valence-electron chi connectivity index (χ2n) is 10.4. The lowest BCUT2D eigenvalue weighted by atomic mass is 10.0. The number of sulfonamides is 1. The average molecular weight is 618 g/mol. The zero-order valence-electron chi connectivity index (χ0n) is 24.5. The minimum absolute atomic E-state index is 0.000789. The summed E-state index contributed by atoms with van der Waals surface area (Å²) in [5.74, 6) is -0.818. The SMILES string of the molecule is CCNC(=O)[C@@H](Cc1ccccc1)N(Cc1ccc(C)cc1)C(=O)CN(c1cccc(C)c1)S(=O)(=O)c1ccc(Cl)cc1. The summed E-state index contributed by atoms with van der Waals surface area (Å²) >= 11 is 6.04. The molecule has 0 aliphatic rings. The Balaban J connectivity index is 1.79. The summed E-state index contributed by atoms with van der Waals surface area (Å²) in [6.45, 7) is 5.65. The predicted octanol–water partition coefficient (Wildman–Crippen LogP) is 5.93. The highest BCUT2D eigenvalue weighted by Crippen LogP contribution is 2.26. The summed E-state index contributed by atoms with van der Waals surface area (Å²) in [7, 11) is -4.18. The second-order valence-corrected chi connectivity index (χ2v) is 12.7. The highest BCUT2D eigenvalue weighted by atomic mass is 35.5. The van der Waals surface area contributed by atoms with Crippen LogP contribution in [0.1, 0.15) is 29.2 Å². The largest absolute Gasteiger partial charge is 0.355 e. The standard InChI is InChI=1S/C34H36ClN3O4S/c1-4-36-34(40)32(22-27-10-6-5-7-11-27)37(23-28-15-13-25(2)14-16-28)33(39)24-38(30-12-8-9-26(3)21-30)43(41,42)31-19-17-29(35)18-20-31/h5-21,32H,4,22-24H2,1-3H3,(H,36,40)/t32-/m1/s1. The van der Waals surface area contributed by atoms with Crippen LogP contribution in [0, 0.1) is 13.8 Å². The Labute approximate surface area is 259 Å². The molecule has 0 spiro atoms. The van der Waals surface area contributed by atoms with Gasteiger partial charge in [0.15, 0.2) is 0 Å². The third-order valence-corrected chi connectivity index (χ3v) is 9.11. The van der Waals surface area contributed by atoms with Crippen LogP contribution in [-0.2, 0) is 32.6 Å². The number of aryl methyl sites for hydroxylation is 2. The summed E-state index contributed by atoms with van der Waals surface area (Å²) in [6, 6.07) is 29.1. The number of halogens is 1. The lowest BCUT2D eigenvalue weighted by Gasteiger charge is -2.34. The molecule has 0 radical (unpaired) electrons. The Hall–Kier alpha value is -4.14.